The second-order valence-electron chi connectivity index (χ2n) is 5.92. The highest BCUT2D eigenvalue weighted by atomic mass is 16.5. The van der Waals surface area contributed by atoms with Crippen molar-refractivity contribution in [3.05, 3.63) is 42.4 Å². The van der Waals surface area contributed by atoms with Crippen molar-refractivity contribution in [1.29, 1.82) is 0 Å². The Morgan fingerprint density at radius 2 is 2.17 bits per heavy atom. The third-order valence-electron chi connectivity index (χ3n) is 4.18. The molecule has 0 amide bonds. The summed E-state index contributed by atoms with van der Waals surface area (Å²) in [7, 11) is 0. The molecule has 0 saturated heterocycles. The molecule has 0 aliphatic heterocycles. The van der Waals surface area contributed by atoms with E-state index in [1.807, 2.05) is 6.08 Å². The first-order chi connectivity index (χ1) is 11.2. The Labute approximate surface area is 135 Å². The highest BCUT2D eigenvalue weighted by Gasteiger charge is 2.18. The molecule has 0 radical (unpaired) electrons. The number of aromatic nitrogens is 3. The molecule has 2 heterocycles. The Bertz CT molecular complexity index is 755. The zero-order valence-electron chi connectivity index (χ0n) is 13.4. The molecule has 0 saturated carbocycles. The van der Waals surface area contributed by atoms with Gasteiger partial charge >= 0.3 is 6.01 Å². The lowest BCUT2D eigenvalue weighted by atomic mass is 9.85. The number of hydrogen-bond donors (Lipinski definition) is 1. The molecule has 2 aromatic heterocycles. The molecule has 0 spiro atoms. The van der Waals surface area contributed by atoms with Crippen molar-refractivity contribution in [2.45, 2.75) is 33.1 Å². The van der Waals surface area contributed by atoms with Crippen LogP contribution in [0, 0.1) is 11.8 Å². The van der Waals surface area contributed by atoms with E-state index >= 15 is 0 Å². The Hall–Kier alpha value is -2.43. The summed E-state index contributed by atoms with van der Waals surface area (Å²) in [6.07, 6.45) is 12.9. The smallest absolute Gasteiger partial charge is 0.325 e. The average molecular weight is 311 g/mol. The molecule has 5 heteroatoms. The van der Waals surface area contributed by atoms with Crippen molar-refractivity contribution in [3.63, 3.8) is 0 Å². The van der Waals surface area contributed by atoms with E-state index in [1.54, 1.807) is 18.5 Å². The predicted octanol–water partition coefficient (Wildman–Crippen LogP) is 4.01. The number of rotatable bonds is 5. The average Bonchev–Trinajstić information content (AvgIpc) is 2.55. The van der Waals surface area contributed by atoms with Crippen LogP contribution in [0.5, 0.6) is 11.9 Å². The van der Waals surface area contributed by atoms with Crippen LogP contribution in [0.15, 0.2) is 42.4 Å². The summed E-state index contributed by atoms with van der Waals surface area (Å²) >= 11 is 0. The molecule has 2 atom stereocenters. The van der Waals surface area contributed by atoms with Gasteiger partial charge in [0.2, 0.25) is 5.88 Å². The molecule has 120 valence electrons. The van der Waals surface area contributed by atoms with Crippen LogP contribution in [0.4, 0.5) is 0 Å². The first-order valence-corrected chi connectivity index (χ1v) is 8.06. The Balaban J connectivity index is 1.82. The monoisotopic (exact) mass is 311 g/mol. The summed E-state index contributed by atoms with van der Waals surface area (Å²) in [6, 6.07) is 1.82. The summed E-state index contributed by atoms with van der Waals surface area (Å²) in [5.41, 5.74) is 0.561. The summed E-state index contributed by atoms with van der Waals surface area (Å²) in [5.74, 6) is 1.60. The lowest BCUT2D eigenvalue weighted by molar-refractivity contribution is 0.366. The molecule has 3 rings (SSSR count). The Morgan fingerprint density at radius 3 is 3.00 bits per heavy atom. The molecule has 2 aromatic rings. The molecule has 0 fully saturated rings. The van der Waals surface area contributed by atoms with Crippen LogP contribution in [0.25, 0.3) is 10.9 Å². The maximum Gasteiger partial charge on any atom is 0.325 e. The fourth-order valence-corrected chi connectivity index (χ4v) is 2.76. The third kappa shape index (κ3) is 3.50. The number of aromatic hydroxyl groups is 1. The van der Waals surface area contributed by atoms with Crippen LogP contribution >= 0.6 is 0 Å². The molecule has 1 aliphatic rings. The predicted molar refractivity (Wildman–Crippen MR) is 89.0 cm³/mol. The van der Waals surface area contributed by atoms with Gasteiger partial charge in [-0.25, -0.2) is 0 Å². The minimum Gasteiger partial charge on any atom is -0.493 e. The minimum atomic E-state index is -0.0938. The van der Waals surface area contributed by atoms with Crippen LogP contribution in [-0.2, 0) is 0 Å². The summed E-state index contributed by atoms with van der Waals surface area (Å²) in [5, 5.41) is 10.6. The fraction of sp³-hybridized carbons (Fsp3) is 0.389. The van der Waals surface area contributed by atoms with E-state index in [4.69, 9.17) is 4.74 Å². The third-order valence-corrected chi connectivity index (χ3v) is 4.18. The van der Waals surface area contributed by atoms with Gasteiger partial charge in [0, 0.05) is 6.20 Å². The highest BCUT2D eigenvalue weighted by molar-refractivity contribution is 5.82. The van der Waals surface area contributed by atoms with E-state index in [9.17, 15) is 5.11 Å². The van der Waals surface area contributed by atoms with Gasteiger partial charge in [0.25, 0.3) is 0 Å². The Kier molecular flexibility index (Phi) is 4.55. The van der Waals surface area contributed by atoms with Crippen LogP contribution in [0.3, 0.4) is 0 Å². The lowest BCUT2D eigenvalue weighted by Crippen LogP contribution is -2.13. The van der Waals surface area contributed by atoms with E-state index in [0.717, 1.165) is 12.2 Å². The normalized spacial score (nSPS) is 20.5. The molecule has 23 heavy (non-hydrogen) atoms. The van der Waals surface area contributed by atoms with Gasteiger partial charge in [-0.05, 0) is 36.5 Å². The van der Waals surface area contributed by atoms with Gasteiger partial charge in [-0.2, -0.15) is 9.97 Å². The molecule has 1 N–H and O–H groups in total. The second kappa shape index (κ2) is 6.77. The lowest BCUT2D eigenvalue weighted by Gasteiger charge is -2.22. The van der Waals surface area contributed by atoms with Gasteiger partial charge in [0.15, 0.2) is 0 Å². The molecule has 0 aromatic carbocycles. The van der Waals surface area contributed by atoms with Gasteiger partial charge in [-0.3, -0.25) is 4.98 Å². The van der Waals surface area contributed by atoms with Gasteiger partial charge < -0.3 is 9.84 Å². The van der Waals surface area contributed by atoms with Crippen molar-refractivity contribution in [1.82, 2.24) is 15.0 Å². The molecule has 0 bridgehead atoms. The molecule has 1 aliphatic carbocycles. The summed E-state index contributed by atoms with van der Waals surface area (Å²) < 4.78 is 5.77. The topological polar surface area (TPSA) is 68.1 Å². The van der Waals surface area contributed by atoms with E-state index in [0.29, 0.717) is 22.7 Å². The van der Waals surface area contributed by atoms with Gasteiger partial charge in [0.05, 0.1) is 17.1 Å². The summed E-state index contributed by atoms with van der Waals surface area (Å²) in [4.78, 5) is 12.3. The number of hydrogen-bond acceptors (Lipinski definition) is 5. The van der Waals surface area contributed by atoms with Crippen molar-refractivity contribution in [2.24, 2.45) is 11.8 Å². The maximum absolute atomic E-state index is 10.00. The van der Waals surface area contributed by atoms with Crippen molar-refractivity contribution in [3.8, 4) is 11.9 Å². The zero-order chi connectivity index (χ0) is 16.2. The number of pyridine rings is 1. The van der Waals surface area contributed by atoms with Crippen molar-refractivity contribution >= 4 is 10.9 Å². The highest BCUT2D eigenvalue weighted by Crippen LogP contribution is 2.29. The molecular weight excluding hydrogens is 290 g/mol. The number of ether oxygens (including phenoxy) is 1. The Morgan fingerprint density at radius 1 is 1.30 bits per heavy atom. The SMILES string of the molecule is CCCCC1C=C(Oc2nc(O)c3ccncc3n2)C=CC1C. The van der Waals surface area contributed by atoms with E-state index in [-0.39, 0.29) is 11.9 Å². The van der Waals surface area contributed by atoms with E-state index < -0.39 is 0 Å². The van der Waals surface area contributed by atoms with E-state index in [1.165, 1.54) is 12.8 Å². The van der Waals surface area contributed by atoms with E-state index in [2.05, 4.69) is 41.0 Å². The van der Waals surface area contributed by atoms with Crippen LogP contribution in [0.2, 0.25) is 0 Å². The quantitative estimate of drug-likeness (QED) is 0.903. The fourth-order valence-electron chi connectivity index (χ4n) is 2.76. The molecule has 2 unspecified atom stereocenters. The van der Waals surface area contributed by atoms with Gasteiger partial charge in [-0.1, -0.05) is 32.8 Å². The standard InChI is InChI=1S/C18H21N3O2/c1-3-4-5-13-10-14(7-6-12(13)2)23-18-20-16-11-19-9-8-15(16)17(22)21-18/h6-13H,3-5H2,1-2H3,(H,20,21,22). The number of nitrogens with zero attached hydrogens (tertiary/aromatic N) is 3. The van der Waals surface area contributed by atoms with Crippen LogP contribution in [-0.4, -0.2) is 20.1 Å². The van der Waals surface area contributed by atoms with Crippen molar-refractivity contribution in [2.75, 3.05) is 0 Å². The minimum absolute atomic E-state index is 0.0938. The maximum atomic E-state index is 10.00. The van der Waals surface area contributed by atoms with Gasteiger partial charge in [-0.15, -0.1) is 0 Å². The van der Waals surface area contributed by atoms with Crippen LogP contribution in [0.1, 0.15) is 33.1 Å². The number of allylic oxidation sites excluding steroid dienone is 3. The second-order valence-corrected chi connectivity index (χ2v) is 5.92. The zero-order valence-corrected chi connectivity index (χ0v) is 13.4. The van der Waals surface area contributed by atoms with Crippen LogP contribution < -0.4 is 4.74 Å². The first-order valence-electron chi connectivity index (χ1n) is 8.06. The number of unbranched alkanes of at least 4 members (excludes halogenated alkanes) is 1. The summed E-state index contributed by atoms with van der Waals surface area (Å²) in [6.45, 7) is 4.41. The molecule has 5 nitrogen and oxygen atoms in total. The van der Waals surface area contributed by atoms with Gasteiger partial charge in [0.1, 0.15) is 5.76 Å². The first kappa shape index (κ1) is 15.5. The largest absolute Gasteiger partial charge is 0.493 e. The number of fused-ring (bicyclic) bond motifs is 1. The van der Waals surface area contributed by atoms with Crippen molar-refractivity contribution < 1.29 is 9.84 Å². The molecular formula is C18H21N3O2.